The number of hydrogen-bond acceptors (Lipinski definition) is 6. The van der Waals surface area contributed by atoms with Crippen molar-refractivity contribution in [1.29, 1.82) is 0 Å². The van der Waals surface area contributed by atoms with E-state index in [0.717, 1.165) is 27.6 Å². The van der Waals surface area contributed by atoms with Crippen LogP contribution in [0.5, 0.6) is 0 Å². The molecule has 0 fully saturated rings. The number of nitrogens with zero attached hydrogens (tertiary/aromatic N) is 5. The Morgan fingerprint density at radius 1 is 0.970 bits per heavy atom. The van der Waals surface area contributed by atoms with E-state index in [2.05, 4.69) is 23.2 Å². The summed E-state index contributed by atoms with van der Waals surface area (Å²) >= 11 is 1.44. The topological polar surface area (TPSA) is 85.7 Å². The van der Waals surface area contributed by atoms with Crippen LogP contribution < -0.4 is 4.80 Å². The second kappa shape index (κ2) is 8.97. The van der Waals surface area contributed by atoms with Crippen LogP contribution in [0.3, 0.4) is 0 Å². The van der Waals surface area contributed by atoms with E-state index in [1.807, 2.05) is 48.0 Å². The Morgan fingerprint density at radius 2 is 1.79 bits per heavy atom. The van der Waals surface area contributed by atoms with Gasteiger partial charge < -0.3 is 0 Å². The van der Waals surface area contributed by atoms with E-state index >= 15 is 0 Å². The van der Waals surface area contributed by atoms with Gasteiger partial charge in [-0.25, -0.2) is 9.67 Å². The van der Waals surface area contributed by atoms with Gasteiger partial charge >= 0.3 is 0 Å². The largest absolute Gasteiger partial charge is 0.269 e. The molecule has 2 heterocycles. The van der Waals surface area contributed by atoms with E-state index in [1.54, 1.807) is 29.2 Å². The molecule has 0 amide bonds. The predicted molar refractivity (Wildman–Crippen MR) is 131 cm³/mol. The molecule has 0 aliphatic rings. The van der Waals surface area contributed by atoms with E-state index in [9.17, 15) is 10.1 Å². The molecule has 0 bridgehead atoms. The maximum atomic E-state index is 11.0. The summed E-state index contributed by atoms with van der Waals surface area (Å²) in [6.07, 6.45) is 5.19. The van der Waals surface area contributed by atoms with Gasteiger partial charge in [0.05, 0.1) is 28.7 Å². The van der Waals surface area contributed by atoms with Gasteiger partial charge in [0, 0.05) is 34.8 Å². The van der Waals surface area contributed by atoms with Crippen molar-refractivity contribution < 1.29 is 4.92 Å². The minimum Gasteiger partial charge on any atom is -0.262 e. The number of pyridine rings is 1. The third kappa shape index (κ3) is 4.32. The maximum absolute atomic E-state index is 11.0. The Bertz CT molecular complexity index is 1530. The fourth-order valence-electron chi connectivity index (χ4n) is 3.45. The zero-order chi connectivity index (χ0) is 22.6. The lowest BCUT2D eigenvalue weighted by Gasteiger charge is -2.05. The van der Waals surface area contributed by atoms with E-state index in [-0.39, 0.29) is 5.69 Å². The second-order valence-electron chi connectivity index (χ2n) is 7.16. The van der Waals surface area contributed by atoms with Gasteiger partial charge in [0.15, 0.2) is 0 Å². The molecule has 5 rings (SSSR count). The summed E-state index contributed by atoms with van der Waals surface area (Å²) in [4.78, 5) is 20.1. The number of aromatic nitrogens is 2. The average Bonchev–Trinajstić information content (AvgIpc) is 3.25. The zero-order valence-corrected chi connectivity index (χ0v) is 18.1. The molecule has 3 aromatic carbocycles. The lowest BCUT2D eigenvalue weighted by Crippen LogP contribution is -2.11. The molecule has 0 saturated carbocycles. The molecule has 7 nitrogen and oxygen atoms in total. The van der Waals surface area contributed by atoms with Crippen molar-refractivity contribution in [3.63, 3.8) is 0 Å². The predicted octanol–water partition coefficient (Wildman–Crippen LogP) is 5.79. The molecule has 0 saturated heterocycles. The van der Waals surface area contributed by atoms with Crippen LogP contribution in [0.2, 0.25) is 0 Å². The zero-order valence-electron chi connectivity index (χ0n) is 17.3. The Labute approximate surface area is 192 Å². The van der Waals surface area contributed by atoms with Crippen LogP contribution in [0.1, 0.15) is 5.56 Å². The number of benzene rings is 3. The molecular weight excluding hydrogens is 434 g/mol. The molecule has 0 radical (unpaired) electrons. The molecular formula is C25H17N5O2S. The van der Waals surface area contributed by atoms with Gasteiger partial charge in [-0.05, 0) is 35.0 Å². The van der Waals surface area contributed by atoms with Gasteiger partial charge in [0.25, 0.3) is 5.69 Å². The van der Waals surface area contributed by atoms with E-state index < -0.39 is 4.92 Å². The van der Waals surface area contributed by atoms with Crippen LogP contribution in [0, 0.1) is 10.1 Å². The van der Waals surface area contributed by atoms with Crippen LogP contribution in [0.15, 0.2) is 107 Å². The normalized spacial score (nSPS) is 11.9. The monoisotopic (exact) mass is 451 g/mol. The molecule has 0 aliphatic heterocycles. The molecule has 0 spiro atoms. The van der Waals surface area contributed by atoms with Crippen LogP contribution in [-0.4, -0.2) is 20.8 Å². The van der Waals surface area contributed by atoms with Crippen molar-refractivity contribution >= 4 is 39.7 Å². The number of non-ortho nitro benzene ring substituents is 1. The summed E-state index contributed by atoms with van der Waals surface area (Å²) in [7, 11) is 0. The van der Waals surface area contributed by atoms with Crippen molar-refractivity contribution in [3.8, 4) is 11.3 Å². The first-order valence-electron chi connectivity index (χ1n) is 10.1. The molecule has 8 heteroatoms. The third-order valence-electron chi connectivity index (χ3n) is 5.07. The van der Waals surface area contributed by atoms with Gasteiger partial charge in [0.1, 0.15) is 0 Å². The lowest BCUT2D eigenvalue weighted by atomic mass is 10.1. The van der Waals surface area contributed by atoms with Gasteiger partial charge in [0.2, 0.25) is 4.80 Å². The Morgan fingerprint density at radius 3 is 2.58 bits per heavy atom. The Balaban J connectivity index is 1.65. The minimum atomic E-state index is -0.409. The number of rotatable bonds is 5. The van der Waals surface area contributed by atoms with Crippen LogP contribution in [0.4, 0.5) is 11.4 Å². The van der Waals surface area contributed by atoms with Crippen molar-refractivity contribution in [1.82, 2.24) is 9.66 Å². The summed E-state index contributed by atoms with van der Waals surface area (Å²) in [6, 6.07) is 24.3. The average molecular weight is 452 g/mol. The van der Waals surface area contributed by atoms with Crippen molar-refractivity contribution in [2.45, 2.75) is 0 Å². The number of fused-ring (bicyclic) bond motifs is 1. The molecule has 2 aromatic heterocycles. The van der Waals surface area contributed by atoms with E-state index in [0.29, 0.717) is 10.5 Å². The fourth-order valence-corrected chi connectivity index (χ4v) is 4.31. The highest BCUT2D eigenvalue weighted by Crippen LogP contribution is 2.24. The number of nitro benzene ring substituents is 1. The molecule has 0 aliphatic carbocycles. The summed E-state index contributed by atoms with van der Waals surface area (Å²) in [6.45, 7) is 0. The van der Waals surface area contributed by atoms with Crippen LogP contribution >= 0.6 is 11.3 Å². The highest BCUT2D eigenvalue weighted by Gasteiger charge is 2.11. The molecule has 0 N–H and O–H groups in total. The van der Waals surface area contributed by atoms with Crippen molar-refractivity contribution in [3.05, 3.63) is 117 Å². The van der Waals surface area contributed by atoms with E-state index in [1.165, 1.54) is 23.5 Å². The van der Waals surface area contributed by atoms with Crippen molar-refractivity contribution in [2.24, 2.45) is 10.1 Å². The third-order valence-corrected chi connectivity index (χ3v) is 5.88. The van der Waals surface area contributed by atoms with Crippen LogP contribution in [0.25, 0.3) is 22.0 Å². The Kier molecular flexibility index (Phi) is 5.57. The summed E-state index contributed by atoms with van der Waals surface area (Å²) in [5.74, 6) is 0. The lowest BCUT2D eigenvalue weighted by molar-refractivity contribution is -0.384. The fraction of sp³-hybridized carbons (Fsp3) is 0. The van der Waals surface area contributed by atoms with E-state index in [4.69, 9.17) is 10.1 Å². The molecule has 5 aromatic rings. The highest BCUT2D eigenvalue weighted by molar-refractivity contribution is 7.07. The first-order valence-corrected chi connectivity index (χ1v) is 11.0. The SMILES string of the molecule is O=[N+]([O-])c1ccc(-c2csc(=Nc3cccnc3)n2N=Cc2cccc3ccccc23)cc1. The summed E-state index contributed by atoms with van der Waals surface area (Å²) < 4.78 is 1.75. The minimum absolute atomic E-state index is 0.0417. The van der Waals surface area contributed by atoms with Gasteiger partial charge in [-0.3, -0.25) is 15.1 Å². The van der Waals surface area contributed by atoms with Crippen LogP contribution in [-0.2, 0) is 0 Å². The first kappa shape index (κ1) is 20.5. The van der Waals surface area contributed by atoms with Gasteiger partial charge in [-0.2, -0.15) is 5.10 Å². The first-order chi connectivity index (χ1) is 16.2. The molecule has 160 valence electrons. The smallest absolute Gasteiger partial charge is 0.262 e. The number of thiazole rings is 1. The number of hydrogen-bond donors (Lipinski definition) is 0. The second-order valence-corrected chi connectivity index (χ2v) is 7.99. The van der Waals surface area contributed by atoms with Gasteiger partial charge in [-0.15, -0.1) is 11.3 Å². The number of nitro groups is 1. The molecule has 0 atom stereocenters. The standard InChI is InChI=1S/C25H17N5O2S/c31-30(32)22-12-10-19(11-13-22)24-17-33-25(28-21-8-4-14-26-16-21)29(24)27-15-20-7-3-6-18-5-1-2-9-23(18)20/h1-17H. The summed E-state index contributed by atoms with van der Waals surface area (Å²) in [5, 5.41) is 20.0. The molecule has 33 heavy (non-hydrogen) atoms. The van der Waals surface area contributed by atoms with Gasteiger partial charge in [-0.1, -0.05) is 42.5 Å². The molecule has 0 unspecified atom stereocenters. The van der Waals surface area contributed by atoms with Crippen molar-refractivity contribution in [2.75, 3.05) is 0 Å². The quantitative estimate of drug-likeness (QED) is 0.193. The Hall–Kier alpha value is -4.43. The maximum Gasteiger partial charge on any atom is 0.269 e. The highest BCUT2D eigenvalue weighted by atomic mass is 32.1. The summed E-state index contributed by atoms with van der Waals surface area (Å²) in [5.41, 5.74) is 3.33.